The number of nitrogens with zero attached hydrogens (tertiary/aromatic N) is 2. The van der Waals surface area contributed by atoms with Crippen LogP contribution in [0.1, 0.15) is 19.4 Å². The number of carbonyl (C=O) groups excluding carboxylic acids is 1. The van der Waals surface area contributed by atoms with Gasteiger partial charge in [-0.05, 0) is 31.5 Å². The highest BCUT2D eigenvalue weighted by Gasteiger charge is 2.35. The van der Waals surface area contributed by atoms with Crippen molar-refractivity contribution in [1.82, 2.24) is 4.90 Å². The van der Waals surface area contributed by atoms with Gasteiger partial charge in [0.15, 0.2) is 5.84 Å². The third kappa shape index (κ3) is 3.40. The summed E-state index contributed by atoms with van der Waals surface area (Å²) < 4.78 is 5.14. The second-order valence-corrected chi connectivity index (χ2v) is 5.12. The van der Waals surface area contributed by atoms with Crippen LogP contribution in [0.5, 0.6) is 5.75 Å². The van der Waals surface area contributed by atoms with Crippen molar-refractivity contribution < 1.29 is 14.7 Å². The number of rotatable bonds is 5. The molecule has 110 valence electrons. The molecule has 0 saturated carbocycles. The Morgan fingerprint density at radius 1 is 1.50 bits per heavy atom. The van der Waals surface area contributed by atoms with Gasteiger partial charge in [0.25, 0.3) is 0 Å². The summed E-state index contributed by atoms with van der Waals surface area (Å²) in [6.07, 6.45) is 0. The minimum Gasteiger partial charge on any atom is -0.497 e. The van der Waals surface area contributed by atoms with Crippen LogP contribution < -0.4 is 10.5 Å². The zero-order valence-electron chi connectivity index (χ0n) is 12.3. The molecular formula is C14H21N3O3. The summed E-state index contributed by atoms with van der Waals surface area (Å²) in [4.78, 5) is 13.9. The van der Waals surface area contributed by atoms with Crippen LogP contribution in [-0.2, 0) is 11.3 Å². The van der Waals surface area contributed by atoms with E-state index in [9.17, 15) is 4.79 Å². The molecule has 3 N–H and O–H groups in total. The first-order chi connectivity index (χ1) is 9.32. The first-order valence-electron chi connectivity index (χ1n) is 6.19. The lowest BCUT2D eigenvalue weighted by Crippen LogP contribution is -2.46. The van der Waals surface area contributed by atoms with Gasteiger partial charge in [0.05, 0.1) is 7.11 Å². The molecule has 0 bridgehead atoms. The van der Waals surface area contributed by atoms with E-state index >= 15 is 0 Å². The molecule has 1 amide bonds. The van der Waals surface area contributed by atoms with Crippen molar-refractivity contribution in [3.05, 3.63) is 29.8 Å². The van der Waals surface area contributed by atoms with Crippen LogP contribution in [0, 0.1) is 5.41 Å². The third-order valence-electron chi connectivity index (χ3n) is 3.18. The van der Waals surface area contributed by atoms with E-state index in [-0.39, 0.29) is 11.7 Å². The van der Waals surface area contributed by atoms with Crippen LogP contribution in [-0.4, -0.2) is 36.0 Å². The monoisotopic (exact) mass is 279 g/mol. The van der Waals surface area contributed by atoms with E-state index in [0.717, 1.165) is 11.3 Å². The second kappa shape index (κ2) is 6.27. The Bertz CT molecular complexity index is 512. The number of benzene rings is 1. The second-order valence-electron chi connectivity index (χ2n) is 5.12. The van der Waals surface area contributed by atoms with Gasteiger partial charge in [-0.15, -0.1) is 0 Å². The average molecular weight is 279 g/mol. The fraction of sp³-hybridized carbons (Fsp3) is 0.429. The van der Waals surface area contributed by atoms with E-state index in [1.54, 1.807) is 28.0 Å². The zero-order chi connectivity index (χ0) is 15.3. The van der Waals surface area contributed by atoms with Gasteiger partial charge in [-0.25, -0.2) is 0 Å². The maximum atomic E-state index is 12.3. The maximum absolute atomic E-state index is 12.3. The SMILES string of the molecule is COc1cccc(CN(C)C(=O)C(C)(C)C(N)=NO)c1. The van der Waals surface area contributed by atoms with Gasteiger partial charge in [-0.2, -0.15) is 0 Å². The molecule has 0 atom stereocenters. The molecular weight excluding hydrogens is 258 g/mol. The third-order valence-corrected chi connectivity index (χ3v) is 3.18. The van der Waals surface area contributed by atoms with Crippen molar-refractivity contribution in [2.45, 2.75) is 20.4 Å². The fourth-order valence-electron chi connectivity index (χ4n) is 1.83. The minimum absolute atomic E-state index is 0.111. The molecule has 0 aliphatic rings. The number of carbonyl (C=O) groups is 1. The van der Waals surface area contributed by atoms with Crippen LogP contribution >= 0.6 is 0 Å². The summed E-state index contributed by atoms with van der Waals surface area (Å²) >= 11 is 0. The zero-order valence-corrected chi connectivity index (χ0v) is 12.3. The Hall–Kier alpha value is -2.24. The lowest BCUT2D eigenvalue weighted by atomic mass is 9.90. The van der Waals surface area contributed by atoms with Gasteiger partial charge in [-0.3, -0.25) is 4.79 Å². The van der Waals surface area contributed by atoms with Crippen LogP contribution in [0.2, 0.25) is 0 Å². The summed E-state index contributed by atoms with van der Waals surface area (Å²) in [5.74, 6) is 0.398. The Labute approximate surface area is 118 Å². The number of hydrogen-bond donors (Lipinski definition) is 2. The molecule has 0 aromatic heterocycles. The van der Waals surface area contributed by atoms with Crippen LogP contribution in [0.15, 0.2) is 29.4 Å². The van der Waals surface area contributed by atoms with Gasteiger partial charge in [0.1, 0.15) is 11.2 Å². The minimum atomic E-state index is -1.05. The Kier molecular flexibility index (Phi) is 4.96. The summed E-state index contributed by atoms with van der Waals surface area (Å²) in [5, 5.41) is 11.7. The number of hydrogen-bond acceptors (Lipinski definition) is 4. The molecule has 0 radical (unpaired) electrons. The molecule has 0 spiro atoms. The standard InChI is InChI=1S/C14H21N3O3/c1-14(2,12(15)16-19)13(18)17(3)9-10-6-5-7-11(8-10)20-4/h5-8,19H,9H2,1-4H3,(H2,15,16). The van der Waals surface area contributed by atoms with E-state index in [0.29, 0.717) is 6.54 Å². The number of methoxy groups -OCH3 is 1. The summed E-state index contributed by atoms with van der Waals surface area (Å²) in [5.41, 5.74) is 5.45. The molecule has 0 heterocycles. The Morgan fingerprint density at radius 2 is 2.15 bits per heavy atom. The largest absolute Gasteiger partial charge is 0.497 e. The van der Waals surface area contributed by atoms with Gasteiger partial charge < -0.3 is 20.6 Å². The number of ether oxygens (including phenoxy) is 1. The smallest absolute Gasteiger partial charge is 0.235 e. The van der Waals surface area contributed by atoms with E-state index in [1.165, 1.54) is 4.90 Å². The molecule has 1 rings (SSSR count). The summed E-state index contributed by atoms with van der Waals surface area (Å²) in [7, 11) is 3.27. The van der Waals surface area contributed by atoms with Crippen LogP contribution in [0.4, 0.5) is 0 Å². The first-order valence-corrected chi connectivity index (χ1v) is 6.19. The Morgan fingerprint density at radius 3 is 2.70 bits per heavy atom. The quantitative estimate of drug-likeness (QED) is 0.369. The van der Waals surface area contributed by atoms with Crippen LogP contribution in [0.25, 0.3) is 0 Å². The number of nitrogens with two attached hydrogens (primary N) is 1. The molecule has 6 nitrogen and oxygen atoms in total. The van der Waals surface area contributed by atoms with Gasteiger partial charge in [0, 0.05) is 13.6 Å². The van der Waals surface area contributed by atoms with E-state index in [2.05, 4.69) is 5.16 Å². The summed E-state index contributed by atoms with van der Waals surface area (Å²) in [6, 6.07) is 7.47. The van der Waals surface area contributed by atoms with Crippen molar-refractivity contribution in [2.24, 2.45) is 16.3 Å². The topological polar surface area (TPSA) is 88.2 Å². The normalized spacial score (nSPS) is 12.1. The van der Waals surface area contributed by atoms with Gasteiger partial charge in [-0.1, -0.05) is 17.3 Å². The molecule has 20 heavy (non-hydrogen) atoms. The molecule has 0 saturated heterocycles. The molecule has 0 unspecified atom stereocenters. The lowest BCUT2D eigenvalue weighted by molar-refractivity contribution is -0.136. The van der Waals surface area contributed by atoms with Crippen molar-refractivity contribution in [1.29, 1.82) is 0 Å². The fourth-order valence-corrected chi connectivity index (χ4v) is 1.83. The highest BCUT2D eigenvalue weighted by Crippen LogP contribution is 2.21. The Balaban J connectivity index is 2.85. The van der Waals surface area contributed by atoms with Crippen molar-refractivity contribution in [3.8, 4) is 5.75 Å². The molecule has 1 aromatic carbocycles. The molecule has 1 aromatic rings. The van der Waals surface area contributed by atoms with Gasteiger partial charge >= 0.3 is 0 Å². The number of oxime groups is 1. The number of amidine groups is 1. The number of amides is 1. The predicted molar refractivity (Wildman–Crippen MR) is 76.7 cm³/mol. The lowest BCUT2D eigenvalue weighted by Gasteiger charge is -2.28. The van der Waals surface area contributed by atoms with E-state index in [1.807, 2.05) is 24.3 Å². The van der Waals surface area contributed by atoms with Crippen molar-refractivity contribution in [2.75, 3.05) is 14.2 Å². The summed E-state index contributed by atoms with van der Waals surface area (Å²) in [6.45, 7) is 3.65. The first kappa shape index (κ1) is 15.8. The van der Waals surface area contributed by atoms with Crippen LogP contribution in [0.3, 0.4) is 0 Å². The highest BCUT2D eigenvalue weighted by molar-refractivity contribution is 6.05. The average Bonchev–Trinajstić information content (AvgIpc) is 2.45. The molecule has 6 heteroatoms. The van der Waals surface area contributed by atoms with Crippen molar-refractivity contribution in [3.63, 3.8) is 0 Å². The predicted octanol–water partition coefficient (Wildman–Crippen LogP) is 1.43. The molecule has 0 aliphatic carbocycles. The van der Waals surface area contributed by atoms with Crippen molar-refractivity contribution >= 4 is 11.7 Å². The van der Waals surface area contributed by atoms with Gasteiger partial charge in [0.2, 0.25) is 5.91 Å². The van der Waals surface area contributed by atoms with E-state index in [4.69, 9.17) is 15.7 Å². The highest BCUT2D eigenvalue weighted by atomic mass is 16.5. The van der Waals surface area contributed by atoms with E-state index < -0.39 is 5.41 Å². The maximum Gasteiger partial charge on any atom is 0.235 e. The molecule has 0 aliphatic heterocycles. The molecule has 0 fully saturated rings.